The first-order valence-electron chi connectivity index (χ1n) is 51.1. The molecule has 714 valence electrons. The van der Waals surface area contributed by atoms with Crippen LogP contribution in [0.3, 0.4) is 0 Å². The third kappa shape index (κ3) is 19.2. The minimum atomic E-state index is -4.40. The van der Waals surface area contributed by atoms with Crippen molar-refractivity contribution in [1.29, 1.82) is 0 Å². The standard InChI is InChI=1S/2C30H22BNO.C25H17BF3N.2C25H20BN/c1-4-13-23(14-5-1)31-30-27(20-12-22-29(30)33-25-17-8-3-9-18-25)26-19-10-11-21-28(26)32(31)24-15-6-2-7-16-24;1-4-12-23(13-5-1)31-29-22-26(33-25-16-8-3-9-17-25)20-21-27(29)28-18-10-11-19-30(28)32(31)24-14-6-2-7-15-24;27-25(28,29)18-15-16-21-22-13-7-8-14-24(22)30(20-11-5-2-6-12-20)26(23(21)17-18)19-9-3-1-4-10-19;1-19-11-10-17-23-25(19)22-16-8-9-18-24(22)27(21-14-6-3-7-15-21)26(23)20-12-4-2-5-13-20;1-19-16-17-24-23(18-19)22-14-8-9-15-25(22)27(21-12-6-3-7-13-21)26(24)20-10-4-2-5-11-20/h2*1-22H;1-17H;2*2-18H,1H3. The van der Waals surface area contributed by atoms with Crippen LogP contribution in [0.1, 0.15) is 16.7 Å². The topological polar surface area (TPSA) is 34.7 Å². The molecule has 0 aromatic heterocycles. The molecule has 0 aliphatic carbocycles. The van der Waals surface area contributed by atoms with Gasteiger partial charge < -0.3 is 33.5 Å². The molecule has 150 heavy (non-hydrogen) atoms. The van der Waals surface area contributed by atoms with Crippen LogP contribution in [0.15, 0.2) is 576 Å². The number of anilines is 10. The van der Waals surface area contributed by atoms with Gasteiger partial charge in [-0.05, 0) is 209 Å². The highest BCUT2D eigenvalue weighted by atomic mass is 19.4. The quantitative estimate of drug-likeness (QED) is 0.100. The average molecular weight is 1940 g/mol. The molecule has 0 unspecified atom stereocenters. The molecule has 0 saturated heterocycles. The van der Waals surface area contributed by atoms with Crippen LogP contribution < -0.4 is 88.2 Å². The van der Waals surface area contributed by atoms with Gasteiger partial charge in [0, 0.05) is 90.2 Å². The zero-order chi connectivity index (χ0) is 101. The lowest BCUT2D eigenvalue weighted by molar-refractivity contribution is -0.137. The number of nitrogens with zero attached hydrogens (tertiary/aromatic N) is 5. The van der Waals surface area contributed by atoms with E-state index in [2.05, 4.69) is 450 Å². The van der Waals surface area contributed by atoms with E-state index in [1.165, 1.54) is 151 Å². The van der Waals surface area contributed by atoms with Crippen molar-refractivity contribution in [2.75, 3.05) is 24.1 Å². The summed E-state index contributed by atoms with van der Waals surface area (Å²) < 4.78 is 53.5. The molecule has 5 aliphatic heterocycles. The van der Waals surface area contributed by atoms with Crippen molar-refractivity contribution in [3.63, 3.8) is 0 Å². The number of rotatable bonds is 14. The molecular formula is C135H101B5F3N5O2. The van der Waals surface area contributed by atoms with Crippen LogP contribution in [0, 0.1) is 13.8 Å². The summed E-state index contributed by atoms with van der Waals surface area (Å²) in [5.41, 5.74) is 37.3. The van der Waals surface area contributed by atoms with Gasteiger partial charge in [0.05, 0.1) is 5.56 Å². The Hall–Kier alpha value is -18.4. The van der Waals surface area contributed by atoms with Crippen LogP contribution in [-0.2, 0) is 6.18 Å². The summed E-state index contributed by atoms with van der Waals surface area (Å²) in [6, 6.07) is 198. The third-order valence-electron chi connectivity index (χ3n) is 28.7. The maximum absolute atomic E-state index is 13.6. The third-order valence-corrected chi connectivity index (χ3v) is 28.7. The summed E-state index contributed by atoms with van der Waals surface area (Å²) >= 11 is 0. The maximum Gasteiger partial charge on any atom is 0.416 e. The molecule has 0 bridgehead atoms. The van der Waals surface area contributed by atoms with Crippen LogP contribution in [-0.4, -0.2) is 34.2 Å². The lowest BCUT2D eigenvalue weighted by Crippen LogP contribution is -2.57. The minimum Gasteiger partial charge on any atom is -0.458 e. The predicted molar refractivity (Wildman–Crippen MR) is 627 cm³/mol. The van der Waals surface area contributed by atoms with Gasteiger partial charge >= 0.3 is 40.4 Å². The van der Waals surface area contributed by atoms with Gasteiger partial charge in [0.15, 0.2) is 0 Å². The van der Waals surface area contributed by atoms with Crippen LogP contribution in [0.2, 0.25) is 0 Å². The summed E-state index contributed by atoms with van der Waals surface area (Å²) in [5.74, 6) is 3.39. The maximum atomic E-state index is 13.6. The van der Waals surface area contributed by atoms with E-state index < -0.39 is 11.7 Å². The summed E-state index contributed by atoms with van der Waals surface area (Å²) in [6.07, 6.45) is -4.40. The second-order valence-corrected chi connectivity index (χ2v) is 37.9. The SMILES string of the molecule is Cc1ccc2c(c1)-c1ccccc1N(c1ccccc1)B2c1ccccc1.Cc1cccc2c1-c1ccccc1N(c1ccccc1)B2c1ccccc1.FC(F)(F)c1ccc2c(c1)B(c1ccccc1)N(c1ccccc1)c1ccccc1-2.c1ccc(Oc2ccc3c(c2)B(c2ccccc2)N(c2ccccc2)c2ccccc2-3)cc1.c1ccc(Oc2cccc3c2B(c2ccccc2)N(c2ccccc2)c2ccccc2-3)cc1. The molecule has 0 saturated carbocycles. The molecular weight excluding hydrogens is 1830 g/mol. The van der Waals surface area contributed by atoms with Gasteiger partial charge in [-0.1, -0.05) is 470 Å². The molecule has 0 atom stereocenters. The van der Waals surface area contributed by atoms with Crippen LogP contribution in [0.25, 0.3) is 55.6 Å². The van der Waals surface area contributed by atoms with Gasteiger partial charge in [-0.2, -0.15) is 13.2 Å². The number of hydrogen-bond acceptors (Lipinski definition) is 7. The Bertz CT molecular complexity index is 8450. The molecule has 5 heterocycles. The van der Waals surface area contributed by atoms with Crippen molar-refractivity contribution < 1.29 is 22.6 Å². The largest absolute Gasteiger partial charge is 0.458 e. The van der Waals surface area contributed by atoms with Crippen molar-refractivity contribution in [2.24, 2.45) is 0 Å². The number of hydrogen-bond donors (Lipinski definition) is 0. The van der Waals surface area contributed by atoms with Crippen molar-refractivity contribution in [3.05, 3.63) is 593 Å². The van der Waals surface area contributed by atoms with Crippen molar-refractivity contribution in [1.82, 2.24) is 0 Å². The number of benzene rings is 22. The van der Waals surface area contributed by atoms with E-state index in [1.54, 1.807) is 6.07 Å². The molecule has 7 nitrogen and oxygen atoms in total. The lowest BCUT2D eigenvalue weighted by atomic mass is 9.45. The number of halogens is 3. The van der Waals surface area contributed by atoms with Gasteiger partial charge in [0.25, 0.3) is 0 Å². The van der Waals surface area contributed by atoms with Crippen molar-refractivity contribution in [2.45, 2.75) is 20.0 Å². The molecule has 5 aliphatic rings. The summed E-state index contributed by atoms with van der Waals surface area (Å²) in [4.78, 5) is 12.0. The first-order valence-corrected chi connectivity index (χ1v) is 51.1. The fraction of sp³-hybridized carbons (Fsp3) is 0.0222. The molecule has 0 amide bonds. The molecule has 22 aromatic rings. The Morgan fingerprint density at radius 2 is 0.487 bits per heavy atom. The fourth-order valence-corrected chi connectivity index (χ4v) is 22.2. The molecule has 0 fully saturated rings. The molecule has 22 aromatic carbocycles. The summed E-state index contributed by atoms with van der Waals surface area (Å²) in [5, 5.41) is 0. The Morgan fingerprint density at radius 1 is 0.193 bits per heavy atom. The highest BCUT2D eigenvalue weighted by Crippen LogP contribution is 2.48. The Morgan fingerprint density at radius 3 is 0.887 bits per heavy atom. The van der Waals surface area contributed by atoms with E-state index in [0.29, 0.717) is 5.46 Å². The monoisotopic (exact) mass is 1940 g/mol. The molecule has 15 heteroatoms. The zero-order valence-electron chi connectivity index (χ0n) is 82.9. The highest BCUT2D eigenvalue weighted by molar-refractivity contribution is 6.94. The van der Waals surface area contributed by atoms with E-state index >= 15 is 0 Å². The second-order valence-electron chi connectivity index (χ2n) is 37.9. The van der Waals surface area contributed by atoms with Crippen LogP contribution >= 0.6 is 0 Å². The predicted octanol–water partition coefficient (Wildman–Crippen LogP) is 28.3. The smallest absolute Gasteiger partial charge is 0.416 e. The average Bonchev–Trinajstić information content (AvgIpc) is 0.732. The lowest BCUT2D eigenvalue weighted by Gasteiger charge is -2.39. The first-order chi connectivity index (χ1) is 74.0. The number of para-hydroxylation sites is 12. The molecule has 0 spiro atoms. The summed E-state index contributed by atoms with van der Waals surface area (Å²) in [6.45, 7) is 4.31. The van der Waals surface area contributed by atoms with Gasteiger partial charge in [0.1, 0.15) is 23.0 Å². The van der Waals surface area contributed by atoms with Gasteiger partial charge in [-0.15, -0.1) is 0 Å². The van der Waals surface area contributed by atoms with Gasteiger partial charge in [-0.25, -0.2) is 0 Å². The highest BCUT2D eigenvalue weighted by Gasteiger charge is 2.45. The number of alkyl halides is 3. The minimum absolute atomic E-state index is 0.0258. The van der Waals surface area contributed by atoms with Crippen LogP contribution in [0.5, 0.6) is 23.0 Å². The fourth-order valence-electron chi connectivity index (χ4n) is 22.2. The van der Waals surface area contributed by atoms with E-state index in [-0.39, 0.29) is 34.2 Å². The van der Waals surface area contributed by atoms with E-state index in [0.717, 1.165) is 56.6 Å². The van der Waals surface area contributed by atoms with E-state index in [1.807, 2.05) is 146 Å². The normalized spacial score (nSPS) is 12.4. The van der Waals surface area contributed by atoms with Gasteiger partial charge in [0.2, 0.25) is 0 Å². The first kappa shape index (κ1) is 95.1. The number of ether oxygens (including phenoxy) is 2. The Balaban J connectivity index is 0.000000103. The summed E-state index contributed by atoms with van der Waals surface area (Å²) in [7, 11) is 0. The zero-order valence-corrected chi connectivity index (χ0v) is 82.9. The van der Waals surface area contributed by atoms with Crippen molar-refractivity contribution in [3.8, 4) is 78.6 Å². The number of fused-ring (bicyclic) bond motifs is 15. The Labute approximate surface area is 877 Å². The van der Waals surface area contributed by atoms with Crippen LogP contribution in [0.4, 0.5) is 70.0 Å². The van der Waals surface area contributed by atoms with E-state index in [9.17, 15) is 13.2 Å². The molecule has 0 radical (unpaired) electrons. The van der Waals surface area contributed by atoms with Gasteiger partial charge in [-0.3, -0.25) is 0 Å². The van der Waals surface area contributed by atoms with Crippen molar-refractivity contribution >= 4 is 146 Å². The molecule has 0 N–H and O–H groups in total. The second kappa shape index (κ2) is 43.1. The molecule has 27 rings (SSSR count). The Kier molecular flexibility index (Phi) is 27.3. The van der Waals surface area contributed by atoms with E-state index in [4.69, 9.17) is 9.47 Å². The number of aryl methyl sites for hydroxylation is 2.